The van der Waals surface area contributed by atoms with Gasteiger partial charge in [-0.25, -0.2) is 17.5 Å². The van der Waals surface area contributed by atoms with Gasteiger partial charge in [0.1, 0.15) is 22.1 Å². The molecule has 9 nitrogen and oxygen atoms in total. The average molecular weight is 497 g/mol. The third-order valence-electron chi connectivity index (χ3n) is 5.49. The van der Waals surface area contributed by atoms with E-state index < -0.39 is 26.6 Å². The van der Waals surface area contributed by atoms with E-state index in [1.54, 1.807) is 30.3 Å². The fourth-order valence-corrected chi connectivity index (χ4v) is 5.25. The van der Waals surface area contributed by atoms with Crippen LogP contribution in [0.15, 0.2) is 82.3 Å². The number of nitrogens with zero attached hydrogens (tertiary/aromatic N) is 3. The highest BCUT2D eigenvalue weighted by Crippen LogP contribution is 2.26. The summed E-state index contributed by atoms with van der Waals surface area (Å²) in [5.41, 5.74) is 1.40. The first kappa shape index (κ1) is 23.0. The van der Waals surface area contributed by atoms with Crippen molar-refractivity contribution in [3.8, 4) is 17.1 Å². The fraction of sp³-hybridized carbons (Fsp3) is 0.167. The number of nitrogens with one attached hydrogen (secondary N) is 1. The van der Waals surface area contributed by atoms with E-state index >= 15 is 0 Å². The van der Waals surface area contributed by atoms with E-state index in [0.29, 0.717) is 17.1 Å². The summed E-state index contributed by atoms with van der Waals surface area (Å²) in [5.74, 6) is -0.973. The second-order valence-electron chi connectivity index (χ2n) is 7.76. The molecule has 0 saturated carbocycles. The van der Waals surface area contributed by atoms with E-state index in [4.69, 9.17) is 9.15 Å². The Bertz CT molecular complexity index is 1450. The predicted molar refractivity (Wildman–Crippen MR) is 125 cm³/mol. The second kappa shape index (κ2) is 9.45. The van der Waals surface area contributed by atoms with Crippen molar-refractivity contribution < 1.29 is 26.8 Å². The van der Waals surface area contributed by atoms with Crippen molar-refractivity contribution in [2.75, 3.05) is 31.6 Å². The summed E-state index contributed by atoms with van der Waals surface area (Å²) >= 11 is 0. The molecule has 0 bridgehead atoms. The monoisotopic (exact) mass is 496 g/mol. The van der Waals surface area contributed by atoms with Gasteiger partial charge >= 0.3 is 0 Å². The van der Waals surface area contributed by atoms with Gasteiger partial charge < -0.3 is 14.5 Å². The van der Waals surface area contributed by atoms with Gasteiger partial charge in [0, 0.05) is 24.8 Å². The van der Waals surface area contributed by atoms with Gasteiger partial charge in [-0.1, -0.05) is 18.2 Å². The third-order valence-corrected chi connectivity index (χ3v) is 7.41. The molecule has 0 radical (unpaired) electrons. The molecule has 1 amide bonds. The molecule has 4 aromatic rings. The number of anilines is 1. The molecule has 0 spiro atoms. The summed E-state index contributed by atoms with van der Waals surface area (Å²) in [6.07, 6.45) is 1.51. The SMILES string of the molecule is O=C(Nc1ccc(F)c(S(=O)(=O)N2CCOCC2)c1)c1cc(-c2ccco2)nn1-c1ccccc1. The van der Waals surface area contributed by atoms with Gasteiger partial charge in [0.25, 0.3) is 5.91 Å². The molecule has 2 aromatic carbocycles. The Morgan fingerprint density at radius 3 is 2.49 bits per heavy atom. The zero-order valence-electron chi connectivity index (χ0n) is 18.4. The summed E-state index contributed by atoms with van der Waals surface area (Å²) in [5, 5.41) is 7.17. The van der Waals surface area contributed by atoms with Gasteiger partial charge in [0.2, 0.25) is 10.0 Å². The Morgan fingerprint density at radius 1 is 1.00 bits per heavy atom. The molecule has 11 heteroatoms. The Labute approximate surface area is 200 Å². The van der Waals surface area contributed by atoms with E-state index in [9.17, 15) is 17.6 Å². The van der Waals surface area contributed by atoms with Crippen LogP contribution in [0.5, 0.6) is 0 Å². The van der Waals surface area contributed by atoms with Crippen LogP contribution in [0.3, 0.4) is 0 Å². The van der Waals surface area contributed by atoms with Crippen molar-refractivity contribution in [3.63, 3.8) is 0 Å². The van der Waals surface area contributed by atoms with Crippen LogP contribution in [0, 0.1) is 5.82 Å². The van der Waals surface area contributed by atoms with Crippen molar-refractivity contribution in [1.29, 1.82) is 0 Å². The van der Waals surface area contributed by atoms with Crippen molar-refractivity contribution in [2.24, 2.45) is 0 Å². The molecule has 35 heavy (non-hydrogen) atoms. The highest BCUT2D eigenvalue weighted by Gasteiger charge is 2.29. The molecule has 0 atom stereocenters. The number of para-hydroxylation sites is 1. The third kappa shape index (κ3) is 4.61. The number of morpholine rings is 1. The predicted octanol–water partition coefficient (Wildman–Crippen LogP) is 3.54. The number of furan rings is 1. The van der Waals surface area contributed by atoms with Crippen LogP contribution in [0.2, 0.25) is 0 Å². The average Bonchev–Trinajstić information content (AvgIpc) is 3.57. The Balaban J connectivity index is 1.48. The van der Waals surface area contributed by atoms with E-state index in [1.807, 2.05) is 18.2 Å². The number of hydrogen-bond acceptors (Lipinski definition) is 6. The number of benzene rings is 2. The first-order valence-corrected chi connectivity index (χ1v) is 12.3. The standard InChI is InChI=1S/C24H21FN4O5S/c25-19-9-8-17(15-23(19)35(31,32)28-10-13-33-14-11-28)26-24(30)21-16-20(22-7-4-12-34-22)27-29(21)18-5-2-1-3-6-18/h1-9,12,15-16H,10-11,13-14H2,(H,26,30). The van der Waals surface area contributed by atoms with E-state index in [-0.39, 0.29) is 37.7 Å². The van der Waals surface area contributed by atoms with Gasteiger partial charge in [-0.15, -0.1) is 0 Å². The lowest BCUT2D eigenvalue weighted by Gasteiger charge is -2.26. The van der Waals surface area contributed by atoms with Gasteiger partial charge in [-0.2, -0.15) is 9.40 Å². The zero-order chi connectivity index (χ0) is 24.4. The van der Waals surface area contributed by atoms with Crippen LogP contribution in [-0.2, 0) is 14.8 Å². The van der Waals surface area contributed by atoms with Gasteiger partial charge in [-0.3, -0.25) is 4.79 Å². The first-order valence-electron chi connectivity index (χ1n) is 10.8. The van der Waals surface area contributed by atoms with Crippen molar-refractivity contribution in [3.05, 3.63) is 84.5 Å². The van der Waals surface area contributed by atoms with Crippen LogP contribution in [0.25, 0.3) is 17.1 Å². The molecule has 1 N–H and O–H groups in total. The number of halogens is 1. The molecule has 1 aliphatic rings. The smallest absolute Gasteiger partial charge is 0.274 e. The normalized spacial score (nSPS) is 14.7. The van der Waals surface area contributed by atoms with E-state index in [2.05, 4.69) is 10.4 Å². The number of sulfonamides is 1. The Kier molecular flexibility index (Phi) is 6.20. The lowest BCUT2D eigenvalue weighted by Crippen LogP contribution is -2.40. The van der Waals surface area contributed by atoms with Crippen LogP contribution in [-0.4, -0.2) is 54.7 Å². The Morgan fingerprint density at radius 2 is 1.77 bits per heavy atom. The minimum Gasteiger partial charge on any atom is -0.463 e. The molecule has 0 aliphatic carbocycles. The minimum absolute atomic E-state index is 0.128. The lowest BCUT2D eigenvalue weighted by atomic mass is 10.2. The lowest BCUT2D eigenvalue weighted by molar-refractivity contribution is 0.0729. The first-order chi connectivity index (χ1) is 16.9. The maximum absolute atomic E-state index is 14.6. The summed E-state index contributed by atoms with van der Waals surface area (Å²) in [4.78, 5) is 12.8. The minimum atomic E-state index is -4.10. The number of aromatic nitrogens is 2. The summed E-state index contributed by atoms with van der Waals surface area (Å²) in [7, 11) is -4.10. The number of rotatable bonds is 6. The Hall–Kier alpha value is -3.80. The maximum Gasteiger partial charge on any atom is 0.274 e. The molecular weight excluding hydrogens is 475 g/mol. The summed E-state index contributed by atoms with van der Waals surface area (Å²) < 4.78 is 53.8. The number of hydrogen-bond donors (Lipinski definition) is 1. The molecule has 2 aromatic heterocycles. The van der Waals surface area contributed by atoms with Gasteiger partial charge in [0.15, 0.2) is 5.76 Å². The molecule has 1 aliphatic heterocycles. The number of ether oxygens (including phenoxy) is 1. The fourth-order valence-electron chi connectivity index (χ4n) is 3.75. The highest BCUT2D eigenvalue weighted by molar-refractivity contribution is 7.89. The molecular formula is C24H21FN4O5S. The van der Waals surface area contributed by atoms with Crippen molar-refractivity contribution in [1.82, 2.24) is 14.1 Å². The topological polar surface area (TPSA) is 107 Å². The van der Waals surface area contributed by atoms with E-state index in [0.717, 1.165) is 12.1 Å². The summed E-state index contributed by atoms with van der Waals surface area (Å²) in [6.45, 7) is 0.728. The molecule has 0 unspecified atom stereocenters. The molecule has 180 valence electrons. The number of carbonyl (C=O) groups excluding carboxylic acids is 1. The molecule has 1 saturated heterocycles. The quantitative estimate of drug-likeness (QED) is 0.438. The number of amides is 1. The molecule has 5 rings (SSSR count). The van der Waals surface area contributed by atoms with Crippen molar-refractivity contribution in [2.45, 2.75) is 4.90 Å². The van der Waals surface area contributed by atoms with Gasteiger partial charge in [-0.05, 0) is 42.5 Å². The van der Waals surface area contributed by atoms with Crippen LogP contribution in [0.4, 0.5) is 10.1 Å². The summed E-state index contributed by atoms with van der Waals surface area (Å²) in [6, 6.07) is 17.5. The van der Waals surface area contributed by atoms with Gasteiger partial charge in [0.05, 0.1) is 25.2 Å². The molecule has 1 fully saturated rings. The molecule has 3 heterocycles. The van der Waals surface area contributed by atoms with Crippen LogP contribution >= 0.6 is 0 Å². The highest BCUT2D eigenvalue weighted by atomic mass is 32.2. The van der Waals surface area contributed by atoms with E-state index in [1.165, 1.54) is 21.3 Å². The number of carbonyl (C=O) groups is 1. The second-order valence-corrected chi connectivity index (χ2v) is 9.66. The largest absolute Gasteiger partial charge is 0.463 e. The van der Waals surface area contributed by atoms with Crippen LogP contribution < -0.4 is 5.32 Å². The maximum atomic E-state index is 14.6. The van der Waals surface area contributed by atoms with Crippen LogP contribution in [0.1, 0.15) is 10.5 Å². The zero-order valence-corrected chi connectivity index (χ0v) is 19.2. The van der Waals surface area contributed by atoms with Crippen molar-refractivity contribution >= 4 is 21.6 Å².